The fourth-order valence-electron chi connectivity index (χ4n) is 4.40. The lowest BCUT2D eigenvalue weighted by Crippen LogP contribution is -2.38. The number of nitrogens with zero attached hydrogens (tertiary/aromatic N) is 3. The van der Waals surface area contributed by atoms with Crippen molar-refractivity contribution in [1.82, 2.24) is 19.4 Å². The molecule has 0 radical (unpaired) electrons. The number of ether oxygens (including phenoxy) is 1. The molecule has 0 spiro atoms. The molecule has 3 aliphatic rings. The van der Waals surface area contributed by atoms with Gasteiger partial charge < -0.3 is 10.1 Å². The smallest absolute Gasteiger partial charge is 0.259 e. The number of rotatable bonds is 7. The lowest BCUT2D eigenvalue weighted by molar-refractivity contribution is 0.0755. The highest BCUT2D eigenvalue weighted by Gasteiger charge is 2.27. The van der Waals surface area contributed by atoms with E-state index in [9.17, 15) is 13.4 Å². The molecule has 34 heavy (non-hydrogen) atoms. The predicted molar refractivity (Wildman–Crippen MR) is 132 cm³/mol. The fraction of sp³-hybridized carbons (Fsp3) is 0.520. The Hall–Kier alpha value is -2.36. The van der Waals surface area contributed by atoms with Crippen LogP contribution in [0.25, 0.3) is 5.57 Å². The summed E-state index contributed by atoms with van der Waals surface area (Å²) in [7, 11) is -1.29. The van der Waals surface area contributed by atoms with Crippen LogP contribution in [-0.2, 0) is 15.7 Å². The Labute approximate surface area is 203 Å². The van der Waals surface area contributed by atoms with Crippen LogP contribution < -0.4 is 5.32 Å². The van der Waals surface area contributed by atoms with E-state index in [0.29, 0.717) is 56.0 Å². The first kappa shape index (κ1) is 24.8. The van der Waals surface area contributed by atoms with Crippen molar-refractivity contribution in [2.24, 2.45) is 5.92 Å². The first-order valence-corrected chi connectivity index (χ1v) is 13.1. The zero-order chi connectivity index (χ0) is 24.2. The monoisotopic (exact) mass is 488 g/mol. The van der Waals surface area contributed by atoms with Crippen LogP contribution >= 0.6 is 0 Å². The van der Waals surface area contributed by atoms with Crippen molar-refractivity contribution in [3.8, 4) is 0 Å². The largest absolute Gasteiger partial charge is 0.379 e. The third-order valence-corrected chi connectivity index (χ3v) is 7.93. The molecule has 1 saturated heterocycles. The van der Waals surface area contributed by atoms with Crippen molar-refractivity contribution in [1.29, 1.82) is 0 Å². The molecule has 2 heterocycles. The zero-order valence-corrected chi connectivity index (χ0v) is 20.9. The molecular weight excluding hydrogens is 455 g/mol. The van der Waals surface area contributed by atoms with Gasteiger partial charge in [-0.1, -0.05) is 26.0 Å². The number of carbonyl (C=O) groups excluding carboxylic acids is 1. The first-order valence-electron chi connectivity index (χ1n) is 12.0. The number of aromatic nitrogens is 2. The van der Waals surface area contributed by atoms with Gasteiger partial charge in [0.15, 0.2) is 0 Å². The molecule has 1 aromatic heterocycles. The van der Waals surface area contributed by atoms with Crippen LogP contribution in [0.3, 0.4) is 0 Å². The van der Waals surface area contributed by atoms with Crippen molar-refractivity contribution in [2.45, 2.75) is 52.5 Å². The van der Waals surface area contributed by atoms with Gasteiger partial charge in [0.25, 0.3) is 5.91 Å². The maximum atomic E-state index is 13.6. The average Bonchev–Trinajstić information content (AvgIpc) is 3.29. The Bertz CT molecular complexity index is 1080. The Morgan fingerprint density at radius 3 is 2.76 bits per heavy atom. The number of hydrogen-bond donors (Lipinski definition) is 1. The zero-order valence-electron chi connectivity index (χ0n) is 20.1. The van der Waals surface area contributed by atoms with E-state index in [-0.39, 0.29) is 23.7 Å². The second-order valence-corrected chi connectivity index (χ2v) is 10.6. The fourth-order valence-corrected chi connectivity index (χ4v) is 5.77. The van der Waals surface area contributed by atoms with E-state index in [1.54, 1.807) is 12.3 Å². The summed E-state index contributed by atoms with van der Waals surface area (Å²) in [6.45, 7) is 8.56. The van der Waals surface area contributed by atoms with Gasteiger partial charge in [0.1, 0.15) is 16.8 Å². The minimum Gasteiger partial charge on any atom is -0.379 e. The maximum Gasteiger partial charge on any atom is 0.259 e. The van der Waals surface area contributed by atoms with Gasteiger partial charge in [0.05, 0.1) is 35.6 Å². The Balaban J connectivity index is 1.58. The number of nitrogens with one attached hydrogen (secondary N) is 1. The maximum absolute atomic E-state index is 13.6. The van der Waals surface area contributed by atoms with Crippen LogP contribution in [0.5, 0.6) is 0 Å². The number of amides is 1. The van der Waals surface area contributed by atoms with E-state index in [1.807, 2.05) is 21.1 Å². The standard InChI is InChI=1S/C25H33FN4O3S/c1-4-18(3)30-24(19-5-7-20(26)8-6-19)23(16-27-30)25(31)28-21-13-17(2)14-22(15-21)34(32)29-9-11-33-12-10-29/h5,7,14-18H,4,6,8-13H2,1-3H3,(H,28,31). The van der Waals surface area contributed by atoms with Gasteiger partial charge in [-0.15, -0.1) is 0 Å². The predicted octanol–water partition coefficient (Wildman–Crippen LogP) is 4.42. The Morgan fingerprint density at radius 2 is 2.09 bits per heavy atom. The topological polar surface area (TPSA) is 76.5 Å². The van der Waals surface area contributed by atoms with Gasteiger partial charge in [0, 0.05) is 31.2 Å². The normalized spacial score (nSPS) is 23.4. The van der Waals surface area contributed by atoms with Crippen molar-refractivity contribution in [3.05, 3.63) is 58.2 Å². The average molecular weight is 489 g/mol. The van der Waals surface area contributed by atoms with E-state index >= 15 is 0 Å². The summed E-state index contributed by atoms with van der Waals surface area (Å²) in [5, 5.41) is 7.56. The Morgan fingerprint density at radius 1 is 1.32 bits per heavy atom. The van der Waals surface area contributed by atoms with Crippen LogP contribution in [0.1, 0.15) is 68.5 Å². The van der Waals surface area contributed by atoms with Gasteiger partial charge in [-0.05, 0) is 49.8 Å². The van der Waals surface area contributed by atoms with Crippen LogP contribution in [0.15, 0.2) is 46.9 Å². The molecule has 1 aromatic rings. The van der Waals surface area contributed by atoms with Gasteiger partial charge in [-0.2, -0.15) is 5.10 Å². The van der Waals surface area contributed by atoms with Gasteiger partial charge in [0.2, 0.25) is 0 Å². The molecule has 3 atom stereocenters. The van der Waals surface area contributed by atoms with Crippen LogP contribution in [0.4, 0.5) is 4.39 Å². The van der Waals surface area contributed by atoms with E-state index in [0.717, 1.165) is 23.4 Å². The van der Waals surface area contributed by atoms with Gasteiger partial charge >= 0.3 is 0 Å². The first-order chi connectivity index (χ1) is 16.4. The van der Waals surface area contributed by atoms with Crippen molar-refractivity contribution >= 4 is 22.5 Å². The van der Waals surface area contributed by atoms with Crippen LogP contribution in [0.2, 0.25) is 0 Å². The molecule has 0 bridgehead atoms. The second kappa shape index (κ2) is 10.9. The Kier molecular flexibility index (Phi) is 7.95. The van der Waals surface area contributed by atoms with Crippen molar-refractivity contribution in [3.63, 3.8) is 0 Å². The van der Waals surface area contributed by atoms with E-state index in [2.05, 4.69) is 31.2 Å². The number of carbonyl (C=O) groups is 1. The van der Waals surface area contributed by atoms with Gasteiger partial charge in [-0.3, -0.25) is 9.48 Å². The molecule has 1 fully saturated rings. The molecule has 7 nitrogen and oxygen atoms in total. The summed E-state index contributed by atoms with van der Waals surface area (Å²) in [4.78, 5) is 14.1. The summed E-state index contributed by atoms with van der Waals surface area (Å²) in [5.41, 5.74) is 2.86. The summed E-state index contributed by atoms with van der Waals surface area (Å²) in [6.07, 6.45) is 11.0. The van der Waals surface area contributed by atoms with E-state index in [1.165, 1.54) is 6.08 Å². The third-order valence-electron chi connectivity index (χ3n) is 6.44. The lowest BCUT2D eigenvalue weighted by Gasteiger charge is -2.27. The molecule has 1 amide bonds. The molecule has 184 valence electrons. The molecule has 0 aromatic carbocycles. The second-order valence-electron chi connectivity index (χ2n) is 9.08. The molecular formula is C25H33FN4O3S. The summed E-state index contributed by atoms with van der Waals surface area (Å²) >= 11 is 0. The minimum absolute atomic E-state index is 0.104. The minimum atomic E-state index is -1.29. The molecule has 2 aliphatic carbocycles. The summed E-state index contributed by atoms with van der Waals surface area (Å²) in [5.74, 6) is -0.257. The van der Waals surface area contributed by atoms with E-state index < -0.39 is 11.0 Å². The lowest BCUT2D eigenvalue weighted by atomic mass is 9.97. The van der Waals surface area contributed by atoms with Crippen molar-refractivity contribution in [2.75, 3.05) is 26.3 Å². The van der Waals surface area contributed by atoms with Crippen LogP contribution in [0, 0.1) is 5.92 Å². The number of halogens is 1. The number of hydrogen-bond acceptors (Lipinski definition) is 4. The van der Waals surface area contributed by atoms with Gasteiger partial charge in [-0.25, -0.2) is 12.9 Å². The number of allylic oxidation sites excluding steroid dienone is 7. The molecule has 4 rings (SSSR count). The highest BCUT2D eigenvalue weighted by molar-refractivity contribution is 7.86. The highest BCUT2D eigenvalue weighted by atomic mass is 32.2. The van der Waals surface area contributed by atoms with E-state index in [4.69, 9.17) is 4.74 Å². The highest BCUT2D eigenvalue weighted by Crippen LogP contribution is 2.32. The molecule has 9 heteroatoms. The summed E-state index contributed by atoms with van der Waals surface area (Å²) < 4.78 is 35.9. The summed E-state index contributed by atoms with van der Waals surface area (Å²) in [6, 6.07) is 0.104. The molecule has 1 N–H and O–H groups in total. The SMILES string of the molecule is CCC(C)n1ncc(C(=O)NC2=CC(S(=O)N3CCOCC3)=CC(C)C2)c1C1=CC=C(F)CC1. The molecule has 1 aliphatic heterocycles. The van der Waals surface area contributed by atoms with Crippen molar-refractivity contribution < 1.29 is 18.1 Å². The number of morpholine rings is 1. The molecule has 3 unspecified atom stereocenters. The third kappa shape index (κ3) is 5.47. The van der Waals surface area contributed by atoms with Crippen LogP contribution in [-0.4, -0.2) is 50.5 Å². The molecule has 0 saturated carbocycles. The quantitative estimate of drug-likeness (QED) is 0.617.